The lowest BCUT2D eigenvalue weighted by Crippen LogP contribution is -2.48. The van der Waals surface area contributed by atoms with E-state index in [0.29, 0.717) is 12.0 Å². The molecule has 6 heteroatoms. The summed E-state index contributed by atoms with van der Waals surface area (Å²) in [6, 6.07) is 7.15. The lowest BCUT2D eigenvalue weighted by atomic mass is 9.79. The van der Waals surface area contributed by atoms with Gasteiger partial charge in [-0.2, -0.15) is 0 Å². The number of piperidine rings is 1. The van der Waals surface area contributed by atoms with E-state index in [1.54, 1.807) is 12.1 Å². The van der Waals surface area contributed by atoms with Crippen LogP contribution in [0, 0.1) is 17.2 Å². The first kappa shape index (κ1) is 20.8. The molecule has 0 bridgehead atoms. The lowest BCUT2D eigenvalue weighted by molar-refractivity contribution is -0.132. The Labute approximate surface area is 174 Å². The second kappa shape index (κ2) is 8.70. The van der Waals surface area contributed by atoms with Gasteiger partial charge in [0.05, 0.1) is 0 Å². The SMILES string of the molecule is CC(C)CC1CC(C(=O)N2CCC3(CCCN(Cc4ccc(F)cc4)C3)C2)NN1. The van der Waals surface area contributed by atoms with Gasteiger partial charge in [-0.3, -0.25) is 15.1 Å². The zero-order valence-electron chi connectivity index (χ0n) is 17.8. The molecular weight excluding hydrogens is 367 g/mol. The number of halogens is 1. The maximum absolute atomic E-state index is 13.2. The Morgan fingerprint density at radius 2 is 1.97 bits per heavy atom. The van der Waals surface area contributed by atoms with Gasteiger partial charge in [0.2, 0.25) is 5.91 Å². The van der Waals surface area contributed by atoms with Crippen molar-refractivity contribution in [1.29, 1.82) is 0 Å². The first-order valence-electron chi connectivity index (χ1n) is 11.2. The minimum atomic E-state index is -0.181. The molecule has 3 unspecified atom stereocenters. The molecule has 3 atom stereocenters. The number of carbonyl (C=O) groups is 1. The van der Waals surface area contributed by atoms with E-state index in [0.717, 1.165) is 57.5 Å². The van der Waals surface area contributed by atoms with Crippen LogP contribution in [0.1, 0.15) is 51.5 Å². The van der Waals surface area contributed by atoms with Crippen LogP contribution in [0.2, 0.25) is 0 Å². The standard InChI is InChI=1S/C23H35FN4O/c1-17(2)12-20-13-21(26-25-20)22(29)28-11-9-23(16-28)8-3-10-27(15-23)14-18-4-6-19(24)7-5-18/h4-7,17,20-21,25-26H,3,8-16H2,1-2H3. The Morgan fingerprint density at radius 3 is 2.72 bits per heavy atom. The predicted molar refractivity (Wildman–Crippen MR) is 112 cm³/mol. The van der Waals surface area contributed by atoms with Crippen LogP contribution < -0.4 is 10.9 Å². The molecule has 3 aliphatic heterocycles. The summed E-state index contributed by atoms with van der Waals surface area (Å²) in [7, 11) is 0. The number of likely N-dealkylation sites (tertiary alicyclic amines) is 2. The summed E-state index contributed by atoms with van der Waals surface area (Å²) in [5, 5.41) is 0. The monoisotopic (exact) mass is 402 g/mol. The van der Waals surface area contributed by atoms with Crippen LogP contribution in [-0.2, 0) is 11.3 Å². The average Bonchev–Trinajstić information content (AvgIpc) is 3.30. The maximum atomic E-state index is 13.2. The van der Waals surface area contributed by atoms with Crippen LogP contribution >= 0.6 is 0 Å². The van der Waals surface area contributed by atoms with Crippen molar-refractivity contribution in [3.8, 4) is 0 Å². The zero-order valence-corrected chi connectivity index (χ0v) is 17.8. The van der Waals surface area contributed by atoms with Crippen molar-refractivity contribution in [3.05, 3.63) is 35.6 Å². The fourth-order valence-corrected chi connectivity index (χ4v) is 5.48. The Morgan fingerprint density at radius 1 is 1.17 bits per heavy atom. The van der Waals surface area contributed by atoms with Gasteiger partial charge >= 0.3 is 0 Å². The number of carbonyl (C=O) groups excluding carboxylic acids is 1. The second-order valence-corrected chi connectivity index (χ2v) is 9.85. The molecule has 29 heavy (non-hydrogen) atoms. The number of amides is 1. The van der Waals surface area contributed by atoms with Crippen molar-refractivity contribution in [2.45, 2.75) is 64.6 Å². The third-order valence-corrected chi connectivity index (χ3v) is 6.85. The number of hydrazine groups is 1. The second-order valence-electron chi connectivity index (χ2n) is 9.85. The number of benzene rings is 1. The first-order valence-corrected chi connectivity index (χ1v) is 11.2. The number of rotatable bonds is 5. The summed E-state index contributed by atoms with van der Waals surface area (Å²) < 4.78 is 13.2. The van der Waals surface area contributed by atoms with E-state index in [4.69, 9.17) is 0 Å². The van der Waals surface area contributed by atoms with Gasteiger partial charge in [-0.1, -0.05) is 26.0 Å². The molecular formula is C23H35FN4O. The van der Waals surface area contributed by atoms with Crippen LogP contribution in [0.5, 0.6) is 0 Å². The van der Waals surface area contributed by atoms with Crippen LogP contribution in [0.3, 0.4) is 0 Å². The highest BCUT2D eigenvalue weighted by molar-refractivity contribution is 5.82. The largest absolute Gasteiger partial charge is 0.341 e. The molecule has 3 saturated heterocycles. The van der Waals surface area contributed by atoms with Crippen LogP contribution in [0.4, 0.5) is 4.39 Å². The lowest BCUT2D eigenvalue weighted by Gasteiger charge is -2.40. The molecule has 4 rings (SSSR count). The minimum absolute atomic E-state index is 0.0900. The molecule has 0 aliphatic carbocycles. The quantitative estimate of drug-likeness (QED) is 0.795. The van der Waals surface area contributed by atoms with Crippen molar-refractivity contribution in [2.75, 3.05) is 26.2 Å². The fraction of sp³-hybridized carbons (Fsp3) is 0.696. The summed E-state index contributed by atoms with van der Waals surface area (Å²) in [5.41, 5.74) is 7.94. The Hall–Kier alpha value is -1.50. The Bertz CT molecular complexity index is 709. The molecule has 160 valence electrons. The third kappa shape index (κ3) is 4.98. The van der Waals surface area contributed by atoms with E-state index in [9.17, 15) is 9.18 Å². The fourth-order valence-electron chi connectivity index (χ4n) is 5.48. The molecule has 2 N–H and O–H groups in total. The van der Waals surface area contributed by atoms with Gasteiger partial charge in [-0.05, 0) is 62.3 Å². The van der Waals surface area contributed by atoms with Gasteiger partial charge in [0.1, 0.15) is 11.9 Å². The zero-order chi connectivity index (χ0) is 20.4. The topological polar surface area (TPSA) is 47.6 Å². The molecule has 1 spiro atoms. The van der Waals surface area contributed by atoms with Gasteiger partial charge in [0.15, 0.2) is 0 Å². The minimum Gasteiger partial charge on any atom is -0.341 e. The van der Waals surface area contributed by atoms with Crippen LogP contribution in [-0.4, -0.2) is 54.0 Å². The van der Waals surface area contributed by atoms with Crippen LogP contribution in [0.25, 0.3) is 0 Å². The highest BCUT2D eigenvalue weighted by Crippen LogP contribution is 2.39. The van der Waals surface area contributed by atoms with Gasteiger partial charge in [-0.15, -0.1) is 0 Å². The van der Waals surface area contributed by atoms with Crippen molar-refractivity contribution in [1.82, 2.24) is 20.7 Å². The van der Waals surface area contributed by atoms with Crippen molar-refractivity contribution in [2.24, 2.45) is 11.3 Å². The van der Waals surface area contributed by atoms with Gasteiger partial charge in [0, 0.05) is 37.6 Å². The average molecular weight is 403 g/mol. The Balaban J connectivity index is 1.32. The molecule has 1 aromatic carbocycles. The molecule has 0 radical (unpaired) electrons. The summed E-state index contributed by atoms with van der Waals surface area (Å²) >= 11 is 0. The molecule has 3 fully saturated rings. The van der Waals surface area contributed by atoms with Gasteiger partial charge in [0.25, 0.3) is 0 Å². The molecule has 3 heterocycles. The molecule has 5 nitrogen and oxygen atoms in total. The third-order valence-electron chi connectivity index (χ3n) is 6.85. The van der Waals surface area contributed by atoms with Crippen molar-refractivity contribution in [3.63, 3.8) is 0 Å². The number of hydrogen-bond donors (Lipinski definition) is 2. The van der Waals surface area contributed by atoms with E-state index < -0.39 is 0 Å². The maximum Gasteiger partial charge on any atom is 0.241 e. The smallest absolute Gasteiger partial charge is 0.241 e. The summed E-state index contributed by atoms with van der Waals surface area (Å²) in [5.74, 6) is 0.711. The predicted octanol–water partition coefficient (Wildman–Crippen LogP) is 2.92. The molecule has 1 amide bonds. The van der Waals surface area contributed by atoms with E-state index in [-0.39, 0.29) is 23.2 Å². The van der Waals surface area contributed by atoms with E-state index in [1.807, 2.05) is 12.1 Å². The number of nitrogens with zero attached hydrogens (tertiary/aromatic N) is 2. The molecule has 1 aromatic rings. The van der Waals surface area contributed by atoms with Crippen molar-refractivity contribution < 1.29 is 9.18 Å². The molecule has 0 saturated carbocycles. The van der Waals surface area contributed by atoms with Gasteiger partial charge < -0.3 is 4.90 Å². The highest BCUT2D eigenvalue weighted by Gasteiger charge is 2.44. The van der Waals surface area contributed by atoms with Crippen LogP contribution in [0.15, 0.2) is 24.3 Å². The normalized spacial score (nSPS) is 30.6. The van der Waals surface area contributed by atoms with E-state index in [1.165, 1.54) is 12.8 Å². The number of hydrogen-bond acceptors (Lipinski definition) is 4. The Kier molecular flexibility index (Phi) is 6.23. The molecule has 3 aliphatic rings. The summed E-state index contributed by atoms with van der Waals surface area (Å²) in [6.07, 6.45) is 5.44. The summed E-state index contributed by atoms with van der Waals surface area (Å²) in [6.45, 7) is 9.16. The van der Waals surface area contributed by atoms with E-state index in [2.05, 4.69) is 34.5 Å². The van der Waals surface area contributed by atoms with Gasteiger partial charge in [-0.25, -0.2) is 9.82 Å². The van der Waals surface area contributed by atoms with Crippen molar-refractivity contribution >= 4 is 5.91 Å². The van der Waals surface area contributed by atoms with E-state index >= 15 is 0 Å². The molecule has 0 aromatic heterocycles. The summed E-state index contributed by atoms with van der Waals surface area (Å²) in [4.78, 5) is 17.7. The highest BCUT2D eigenvalue weighted by atomic mass is 19.1. The number of nitrogens with one attached hydrogen (secondary N) is 2. The first-order chi connectivity index (χ1) is 13.9.